The molecule has 0 saturated carbocycles. The van der Waals surface area contributed by atoms with Crippen molar-refractivity contribution in [1.29, 1.82) is 0 Å². The van der Waals surface area contributed by atoms with Gasteiger partial charge in [0.1, 0.15) is 13.2 Å². The van der Waals surface area contributed by atoms with Crippen LogP contribution in [0.4, 0.5) is 0 Å². The Hall–Kier alpha value is -2.06. The number of allylic oxidation sites excluding steroid dienone is 11. The number of rotatable bonds is 54. The van der Waals surface area contributed by atoms with Crippen LogP contribution < -0.4 is 5.32 Å². The molecule has 0 heterocycles. The molecule has 8 nitrogen and oxygen atoms in total. The lowest BCUT2D eigenvalue weighted by Gasteiger charge is -2.25. The summed E-state index contributed by atoms with van der Waals surface area (Å²) in [6.45, 7) is 4.72. The smallest absolute Gasteiger partial charge is 0.387 e. The number of aliphatic hydroxyl groups is 1. The molecule has 0 aromatic rings. The topological polar surface area (TPSA) is 105 Å². The van der Waals surface area contributed by atoms with E-state index in [2.05, 4.69) is 79.9 Å². The Balaban J connectivity index is 4.13. The number of carbonyl (C=O) groups excluding carboxylic acids is 1. The molecule has 0 aromatic heterocycles. The first kappa shape index (κ1) is 68.9. The van der Waals surface area contributed by atoms with Gasteiger partial charge in [-0.15, -0.1) is 0 Å². The predicted octanol–water partition coefficient (Wildman–Crippen LogP) is 18.3. The third-order valence-corrected chi connectivity index (χ3v) is 14.2. The maximum atomic E-state index is 13.0. The van der Waals surface area contributed by atoms with Gasteiger partial charge in [0.05, 0.1) is 39.9 Å². The molecule has 71 heavy (non-hydrogen) atoms. The summed E-state index contributed by atoms with van der Waals surface area (Å²) < 4.78 is 23.7. The third-order valence-electron chi connectivity index (χ3n) is 13.2. The first-order valence-corrected chi connectivity index (χ1v) is 31.3. The summed E-state index contributed by atoms with van der Waals surface area (Å²) in [6, 6.07) is -0.849. The van der Waals surface area contributed by atoms with Gasteiger partial charge in [-0.05, 0) is 64.2 Å². The van der Waals surface area contributed by atoms with Crippen molar-refractivity contribution in [2.24, 2.45) is 0 Å². The number of quaternary nitrogens is 1. The fraction of sp³-hybridized carbons (Fsp3) is 0.790. The Labute approximate surface area is 440 Å². The summed E-state index contributed by atoms with van der Waals surface area (Å²) in [4.78, 5) is 23.3. The minimum atomic E-state index is -4.35. The maximum Gasteiger partial charge on any atom is 0.472 e. The number of carbonyl (C=O) groups is 1. The second kappa shape index (κ2) is 52.8. The molecule has 0 aliphatic rings. The standard InChI is InChI=1S/C62H115N2O6P/c1-6-8-10-12-14-16-18-20-22-24-26-27-28-29-30-31-32-33-34-35-36-37-38-40-42-44-46-48-50-52-54-56-62(66)63-60(59-70-71(67,68)69-58-57-64(3,4)5)61(65)55-53-51-49-47-45-43-41-39-25-23-21-19-17-15-13-11-9-7-2/h8,10,14,16,20,22,26-27,29-30,53,55,60-61,65H,6-7,9,11-13,15,17-19,21,23-25,28,31-52,54,56-59H2,1-5H3,(H-,63,66,67,68)/p+1/b10-8-,16-14-,22-20-,27-26-,30-29-,55-53+. The van der Waals surface area contributed by atoms with Gasteiger partial charge in [-0.1, -0.05) is 267 Å². The molecule has 0 bridgehead atoms. The Morgan fingerprint density at radius 1 is 0.493 bits per heavy atom. The quantitative estimate of drug-likeness (QED) is 0.0243. The molecule has 414 valence electrons. The van der Waals surface area contributed by atoms with E-state index >= 15 is 0 Å². The summed E-state index contributed by atoms with van der Waals surface area (Å²) in [7, 11) is 1.57. The van der Waals surface area contributed by atoms with Crippen molar-refractivity contribution >= 4 is 13.7 Å². The number of nitrogens with zero attached hydrogens (tertiary/aromatic N) is 1. The number of phosphoric acid groups is 1. The fourth-order valence-corrected chi connectivity index (χ4v) is 9.28. The lowest BCUT2D eigenvalue weighted by atomic mass is 10.0. The Kier molecular flexibility index (Phi) is 51.3. The Bertz CT molecular complexity index is 1380. The van der Waals surface area contributed by atoms with E-state index in [1.54, 1.807) is 6.08 Å². The number of hydrogen-bond acceptors (Lipinski definition) is 5. The second-order valence-corrected chi connectivity index (χ2v) is 22.8. The molecular formula is C62H116N2O6P+. The van der Waals surface area contributed by atoms with Gasteiger partial charge in [-0.2, -0.15) is 0 Å². The normalized spacial score (nSPS) is 14.4. The summed E-state index contributed by atoms with van der Waals surface area (Å²) in [5.41, 5.74) is 0. The monoisotopic (exact) mass is 1020 g/mol. The molecule has 0 aliphatic heterocycles. The molecule has 0 aliphatic carbocycles. The number of aliphatic hydroxyl groups excluding tert-OH is 1. The van der Waals surface area contributed by atoms with E-state index in [1.165, 1.54) is 173 Å². The summed E-state index contributed by atoms with van der Waals surface area (Å²) in [5, 5.41) is 13.9. The van der Waals surface area contributed by atoms with Crippen molar-refractivity contribution in [2.45, 2.75) is 276 Å². The largest absolute Gasteiger partial charge is 0.472 e. The molecule has 9 heteroatoms. The molecule has 1 amide bonds. The molecule has 0 radical (unpaired) electrons. The molecule has 3 atom stereocenters. The lowest BCUT2D eigenvalue weighted by Crippen LogP contribution is -2.45. The molecule has 0 rings (SSSR count). The molecular weight excluding hydrogens is 900 g/mol. The third kappa shape index (κ3) is 55.5. The van der Waals surface area contributed by atoms with Gasteiger partial charge in [0.25, 0.3) is 0 Å². The minimum Gasteiger partial charge on any atom is -0.387 e. The highest BCUT2D eigenvalue weighted by Gasteiger charge is 2.27. The zero-order chi connectivity index (χ0) is 52.0. The van der Waals surface area contributed by atoms with Crippen LogP contribution in [0.15, 0.2) is 72.9 Å². The van der Waals surface area contributed by atoms with Crippen LogP contribution in [-0.4, -0.2) is 73.4 Å². The van der Waals surface area contributed by atoms with Crippen LogP contribution >= 0.6 is 7.82 Å². The zero-order valence-electron chi connectivity index (χ0n) is 47.2. The van der Waals surface area contributed by atoms with Gasteiger partial charge in [0.15, 0.2) is 0 Å². The van der Waals surface area contributed by atoms with Crippen LogP contribution in [0.25, 0.3) is 0 Å². The maximum absolute atomic E-state index is 13.0. The SMILES string of the molecule is CC/C=C\C/C=C\C/C=C\C/C=C\C/C=C\CCCCCCCCCCCCCCCCCC(=O)NC(COP(=O)(O)OCC[N+](C)(C)C)C(O)/C=C/CCCCCCCCCCCCCCCCCC. The number of nitrogens with one attached hydrogen (secondary N) is 1. The van der Waals surface area contributed by atoms with Gasteiger partial charge in [-0.25, -0.2) is 4.57 Å². The average Bonchev–Trinajstić information content (AvgIpc) is 3.33. The molecule has 0 fully saturated rings. The van der Waals surface area contributed by atoms with Crippen molar-refractivity contribution in [1.82, 2.24) is 5.32 Å². The van der Waals surface area contributed by atoms with E-state index in [9.17, 15) is 19.4 Å². The van der Waals surface area contributed by atoms with E-state index in [1.807, 2.05) is 27.2 Å². The number of hydrogen-bond donors (Lipinski definition) is 3. The van der Waals surface area contributed by atoms with E-state index in [4.69, 9.17) is 9.05 Å². The minimum absolute atomic E-state index is 0.0603. The van der Waals surface area contributed by atoms with Crippen molar-refractivity contribution in [2.75, 3.05) is 40.9 Å². The van der Waals surface area contributed by atoms with Crippen LogP contribution in [-0.2, 0) is 18.4 Å². The second-order valence-electron chi connectivity index (χ2n) is 21.3. The van der Waals surface area contributed by atoms with Crippen molar-refractivity contribution in [3.05, 3.63) is 72.9 Å². The van der Waals surface area contributed by atoms with Gasteiger partial charge in [-0.3, -0.25) is 13.8 Å². The van der Waals surface area contributed by atoms with E-state index in [0.717, 1.165) is 70.6 Å². The first-order chi connectivity index (χ1) is 34.5. The van der Waals surface area contributed by atoms with Gasteiger partial charge >= 0.3 is 7.82 Å². The Morgan fingerprint density at radius 3 is 1.24 bits per heavy atom. The van der Waals surface area contributed by atoms with E-state index in [-0.39, 0.29) is 19.1 Å². The number of phosphoric ester groups is 1. The highest BCUT2D eigenvalue weighted by Crippen LogP contribution is 2.43. The average molecular weight is 1020 g/mol. The summed E-state index contributed by atoms with van der Waals surface area (Å²) in [5.74, 6) is -0.177. The first-order valence-electron chi connectivity index (χ1n) is 29.8. The highest BCUT2D eigenvalue weighted by atomic mass is 31.2. The predicted molar refractivity (Wildman–Crippen MR) is 309 cm³/mol. The van der Waals surface area contributed by atoms with Crippen molar-refractivity contribution in [3.63, 3.8) is 0 Å². The number of amides is 1. The summed E-state index contributed by atoms with van der Waals surface area (Å²) in [6.07, 6.45) is 72.9. The van der Waals surface area contributed by atoms with Crippen molar-refractivity contribution < 1.29 is 32.9 Å². The van der Waals surface area contributed by atoms with Crippen LogP contribution in [0, 0.1) is 0 Å². The fourth-order valence-electron chi connectivity index (χ4n) is 8.54. The van der Waals surface area contributed by atoms with Crippen molar-refractivity contribution in [3.8, 4) is 0 Å². The van der Waals surface area contributed by atoms with Crippen LogP contribution in [0.2, 0.25) is 0 Å². The van der Waals surface area contributed by atoms with E-state index in [0.29, 0.717) is 17.4 Å². The lowest BCUT2D eigenvalue weighted by molar-refractivity contribution is -0.870. The van der Waals surface area contributed by atoms with Crippen LogP contribution in [0.5, 0.6) is 0 Å². The molecule has 0 aromatic carbocycles. The molecule has 3 unspecified atom stereocenters. The highest BCUT2D eigenvalue weighted by molar-refractivity contribution is 7.47. The zero-order valence-corrected chi connectivity index (χ0v) is 48.1. The van der Waals surface area contributed by atoms with Crippen LogP contribution in [0.3, 0.4) is 0 Å². The van der Waals surface area contributed by atoms with Gasteiger partial charge in [0, 0.05) is 6.42 Å². The van der Waals surface area contributed by atoms with Gasteiger partial charge < -0.3 is 19.8 Å². The van der Waals surface area contributed by atoms with Crippen LogP contribution in [0.1, 0.15) is 264 Å². The van der Waals surface area contributed by atoms with Gasteiger partial charge in [0.2, 0.25) is 5.91 Å². The number of likely N-dealkylation sites (N-methyl/N-ethyl adjacent to an activating group) is 1. The number of unbranched alkanes of at least 4 members (excludes halogenated alkanes) is 31. The summed E-state index contributed by atoms with van der Waals surface area (Å²) >= 11 is 0. The molecule has 3 N–H and O–H groups in total. The molecule has 0 spiro atoms. The Morgan fingerprint density at radius 2 is 0.845 bits per heavy atom. The van der Waals surface area contributed by atoms with E-state index < -0.39 is 20.0 Å². The molecule has 0 saturated heterocycles.